The number of rotatable bonds is 5. The van der Waals surface area contributed by atoms with E-state index in [4.69, 9.17) is 4.74 Å². The van der Waals surface area contributed by atoms with Gasteiger partial charge in [-0.05, 0) is 38.3 Å². The van der Waals surface area contributed by atoms with Gasteiger partial charge in [-0.25, -0.2) is 0 Å². The van der Waals surface area contributed by atoms with Gasteiger partial charge in [-0.2, -0.15) is 0 Å². The molecule has 0 aliphatic rings. The maximum Gasteiger partial charge on any atom is 0.311 e. The molecule has 0 radical (unpaired) electrons. The maximum absolute atomic E-state index is 11.8. The van der Waals surface area contributed by atoms with E-state index in [1.807, 2.05) is 39.0 Å². The first-order valence-corrected chi connectivity index (χ1v) is 6.43. The summed E-state index contributed by atoms with van der Waals surface area (Å²) >= 11 is 0. The van der Waals surface area contributed by atoms with Crippen molar-refractivity contribution in [3.8, 4) is 0 Å². The Kier molecular flexibility index (Phi) is 5.35. The maximum atomic E-state index is 11.8. The molecule has 100 valence electrons. The highest BCUT2D eigenvalue weighted by Crippen LogP contribution is 2.28. The summed E-state index contributed by atoms with van der Waals surface area (Å²) in [6.07, 6.45) is -0.234. The van der Waals surface area contributed by atoms with Crippen LogP contribution in [0.2, 0.25) is 0 Å². The van der Waals surface area contributed by atoms with Crippen molar-refractivity contribution in [2.75, 3.05) is 6.61 Å². The summed E-state index contributed by atoms with van der Waals surface area (Å²) in [6.45, 7) is 7.95. The fourth-order valence-corrected chi connectivity index (χ4v) is 2.14. The predicted molar refractivity (Wildman–Crippen MR) is 71.3 cm³/mol. The second kappa shape index (κ2) is 6.55. The Bertz CT molecular complexity index is 412. The summed E-state index contributed by atoms with van der Waals surface area (Å²) in [6, 6.07) is 5.84. The number of esters is 1. The van der Waals surface area contributed by atoms with Crippen LogP contribution >= 0.6 is 0 Å². The monoisotopic (exact) mass is 250 g/mol. The molecule has 1 N–H and O–H groups in total. The minimum atomic E-state index is -0.797. The zero-order chi connectivity index (χ0) is 13.7. The lowest BCUT2D eigenvalue weighted by molar-refractivity contribution is -0.152. The number of aliphatic hydroxyl groups is 1. The molecule has 2 unspecified atom stereocenters. The molecule has 0 saturated carbocycles. The van der Waals surface area contributed by atoms with Crippen molar-refractivity contribution >= 4 is 5.97 Å². The summed E-state index contributed by atoms with van der Waals surface area (Å²) < 4.78 is 5.00. The van der Waals surface area contributed by atoms with Crippen molar-refractivity contribution in [3.63, 3.8) is 0 Å². The van der Waals surface area contributed by atoms with E-state index in [0.717, 1.165) is 16.7 Å². The molecule has 2 atom stereocenters. The van der Waals surface area contributed by atoms with Crippen LogP contribution in [0.4, 0.5) is 0 Å². The number of hydrogen-bond acceptors (Lipinski definition) is 3. The van der Waals surface area contributed by atoms with E-state index < -0.39 is 12.0 Å². The van der Waals surface area contributed by atoms with Crippen LogP contribution in [0, 0.1) is 19.8 Å². The Morgan fingerprint density at radius 1 is 1.33 bits per heavy atom. The molecule has 0 heterocycles. The molecular weight excluding hydrogens is 228 g/mol. The van der Waals surface area contributed by atoms with E-state index in [1.165, 1.54) is 0 Å². The van der Waals surface area contributed by atoms with Gasteiger partial charge in [-0.3, -0.25) is 4.79 Å². The normalized spacial score (nSPS) is 14.1. The Labute approximate surface area is 109 Å². The Balaban J connectivity index is 2.96. The van der Waals surface area contributed by atoms with Crippen LogP contribution in [0.5, 0.6) is 0 Å². The van der Waals surface area contributed by atoms with E-state index in [0.29, 0.717) is 13.0 Å². The number of hydrogen-bond donors (Lipinski definition) is 1. The number of benzene rings is 1. The third-order valence-corrected chi connectivity index (χ3v) is 3.15. The molecular formula is C15H22O3. The SMILES string of the molecule is CCOC(=O)C(CC)C(O)c1ccc(C)cc1C. The molecule has 0 fully saturated rings. The lowest BCUT2D eigenvalue weighted by Crippen LogP contribution is -2.24. The van der Waals surface area contributed by atoms with Crippen LogP contribution in [-0.2, 0) is 9.53 Å². The molecule has 0 amide bonds. The smallest absolute Gasteiger partial charge is 0.311 e. The van der Waals surface area contributed by atoms with E-state index in [9.17, 15) is 9.90 Å². The van der Waals surface area contributed by atoms with Gasteiger partial charge in [0.1, 0.15) is 0 Å². The second-order valence-electron chi connectivity index (χ2n) is 4.57. The first-order chi connectivity index (χ1) is 8.51. The van der Waals surface area contributed by atoms with E-state index in [1.54, 1.807) is 6.92 Å². The Morgan fingerprint density at radius 2 is 2.00 bits per heavy atom. The largest absolute Gasteiger partial charge is 0.466 e. The van der Waals surface area contributed by atoms with Crippen molar-refractivity contribution in [1.82, 2.24) is 0 Å². The lowest BCUT2D eigenvalue weighted by atomic mass is 9.90. The van der Waals surface area contributed by atoms with Crippen molar-refractivity contribution in [2.24, 2.45) is 5.92 Å². The highest BCUT2D eigenvalue weighted by molar-refractivity contribution is 5.73. The number of aryl methyl sites for hydroxylation is 2. The first-order valence-electron chi connectivity index (χ1n) is 6.43. The molecule has 1 aromatic carbocycles. The first kappa shape index (κ1) is 14.7. The number of carbonyl (C=O) groups excluding carboxylic acids is 1. The molecule has 3 heteroatoms. The Morgan fingerprint density at radius 3 is 2.50 bits per heavy atom. The highest BCUT2D eigenvalue weighted by atomic mass is 16.5. The van der Waals surface area contributed by atoms with Crippen LogP contribution in [0.15, 0.2) is 18.2 Å². The third-order valence-electron chi connectivity index (χ3n) is 3.15. The van der Waals surface area contributed by atoms with Crippen molar-refractivity contribution in [3.05, 3.63) is 34.9 Å². The highest BCUT2D eigenvalue weighted by Gasteiger charge is 2.28. The lowest BCUT2D eigenvalue weighted by Gasteiger charge is -2.22. The topological polar surface area (TPSA) is 46.5 Å². The summed E-state index contributed by atoms with van der Waals surface area (Å²) in [7, 11) is 0. The Hall–Kier alpha value is -1.35. The molecule has 0 aromatic heterocycles. The number of ether oxygens (including phenoxy) is 1. The molecule has 1 rings (SSSR count). The summed E-state index contributed by atoms with van der Waals surface area (Å²) in [4.78, 5) is 11.8. The van der Waals surface area contributed by atoms with Gasteiger partial charge < -0.3 is 9.84 Å². The van der Waals surface area contributed by atoms with Crippen molar-refractivity contribution in [1.29, 1.82) is 0 Å². The zero-order valence-electron chi connectivity index (χ0n) is 11.6. The quantitative estimate of drug-likeness (QED) is 0.817. The van der Waals surface area contributed by atoms with Crippen molar-refractivity contribution < 1.29 is 14.6 Å². The molecule has 3 nitrogen and oxygen atoms in total. The molecule has 0 bridgehead atoms. The fraction of sp³-hybridized carbons (Fsp3) is 0.533. The van der Waals surface area contributed by atoms with Crippen LogP contribution in [0.3, 0.4) is 0 Å². The van der Waals surface area contributed by atoms with Crippen LogP contribution in [0.1, 0.15) is 43.1 Å². The predicted octanol–water partition coefficient (Wildman–Crippen LogP) is 2.93. The van der Waals surface area contributed by atoms with E-state index in [2.05, 4.69) is 0 Å². The minimum Gasteiger partial charge on any atom is -0.466 e. The van der Waals surface area contributed by atoms with Gasteiger partial charge in [-0.15, -0.1) is 0 Å². The molecule has 18 heavy (non-hydrogen) atoms. The number of aliphatic hydroxyl groups excluding tert-OH is 1. The molecule has 1 aromatic rings. The molecule has 0 spiro atoms. The van der Waals surface area contributed by atoms with Gasteiger partial charge in [0, 0.05) is 0 Å². The summed E-state index contributed by atoms with van der Waals surface area (Å²) in [5.41, 5.74) is 2.96. The average Bonchev–Trinajstić information content (AvgIpc) is 2.29. The molecule has 0 saturated heterocycles. The van der Waals surface area contributed by atoms with E-state index in [-0.39, 0.29) is 5.97 Å². The number of carbonyl (C=O) groups is 1. The van der Waals surface area contributed by atoms with Gasteiger partial charge in [0.2, 0.25) is 0 Å². The second-order valence-corrected chi connectivity index (χ2v) is 4.57. The third kappa shape index (κ3) is 3.33. The molecule has 0 aliphatic heterocycles. The zero-order valence-corrected chi connectivity index (χ0v) is 11.6. The van der Waals surface area contributed by atoms with Gasteiger partial charge in [0.25, 0.3) is 0 Å². The minimum absolute atomic E-state index is 0.326. The summed E-state index contributed by atoms with van der Waals surface area (Å²) in [5.74, 6) is -0.821. The van der Waals surface area contributed by atoms with Gasteiger partial charge in [0.05, 0.1) is 18.6 Å². The molecule has 0 aliphatic carbocycles. The van der Waals surface area contributed by atoms with E-state index >= 15 is 0 Å². The van der Waals surface area contributed by atoms with Gasteiger partial charge in [-0.1, -0.05) is 30.7 Å². The van der Waals surface area contributed by atoms with Crippen LogP contribution in [-0.4, -0.2) is 17.7 Å². The van der Waals surface area contributed by atoms with Crippen molar-refractivity contribution in [2.45, 2.75) is 40.2 Å². The van der Waals surface area contributed by atoms with Gasteiger partial charge >= 0.3 is 5.97 Å². The summed E-state index contributed by atoms with van der Waals surface area (Å²) in [5, 5.41) is 10.3. The fourth-order valence-electron chi connectivity index (χ4n) is 2.14. The van der Waals surface area contributed by atoms with Crippen LogP contribution < -0.4 is 0 Å². The van der Waals surface area contributed by atoms with Gasteiger partial charge in [0.15, 0.2) is 0 Å². The standard InChI is InChI=1S/C15H22O3/c1-5-12(15(17)18-6-2)14(16)13-8-7-10(3)9-11(13)4/h7-9,12,14,16H,5-6H2,1-4H3. The average molecular weight is 250 g/mol. The van der Waals surface area contributed by atoms with Crippen LogP contribution in [0.25, 0.3) is 0 Å².